The van der Waals surface area contributed by atoms with Crippen LogP contribution >= 0.6 is 11.6 Å². The quantitative estimate of drug-likeness (QED) is 0.651. The maximum Gasteiger partial charge on any atom is 0.322 e. The van der Waals surface area contributed by atoms with Crippen molar-refractivity contribution in [2.24, 2.45) is 0 Å². The summed E-state index contributed by atoms with van der Waals surface area (Å²) in [4.78, 5) is 26.4. The number of carbonyl (C=O) groups excluding carboxylic acids is 1. The van der Waals surface area contributed by atoms with Gasteiger partial charge in [0.15, 0.2) is 0 Å². The molecule has 136 valence electrons. The topological polar surface area (TPSA) is 78.7 Å². The Morgan fingerprint density at radius 2 is 1.85 bits per heavy atom. The molecule has 2 aromatic rings. The largest absolute Gasteiger partial charge is 0.362 e. The molecule has 0 atom stereocenters. The van der Waals surface area contributed by atoms with E-state index in [1.165, 1.54) is 18.2 Å². The summed E-state index contributed by atoms with van der Waals surface area (Å²) in [7, 11) is 0. The average Bonchev–Trinajstić information content (AvgIpc) is 2.63. The number of carbonyl (C=O) groups is 1. The number of piperazine rings is 1. The molecule has 7 nitrogen and oxygen atoms in total. The van der Waals surface area contributed by atoms with Gasteiger partial charge in [-0.25, -0.2) is 9.18 Å². The molecule has 26 heavy (non-hydrogen) atoms. The summed E-state index contributed by atoms with van der Waals surface area (Å²) in [6.45, 7) is 1.57. The number of urea groups is 1. The van der Waals surface area contributed by atoms with E-state index >= 15 is 0 Å². The molecule has 1 heterocycles. The van der Waals surface area contributed by atoms with Gasteiger partial charge in [0.05, 0.1) is 10.6 Å². The van der Waals surface area contributed by atoms with E-state index in [0.717, 1.165) is 0 Å². The first-order chi connectivity index (χ1) is 12.5. The molecule has 1 fully saturated rings. The second-order valence-corrected chi connectivity index (χ2v) is 6.21. The van der Waals surface area contributed by atoms with Crippen molar-refractivity contribution >= 4 is 34.7 Å². The molecule has 2 aromatic carbocycles. The fourth-order valence-corrected chi connectivity index (χ4v) is 2.98. The Morgan fingerprint density at radius 3 is 2.50 bits per heavy atom. The highest BCUT2D eigenvalue weighted by Crippen LogP contribution is 2.31. The lowest BCUT2D eigenvalue weighted by Gasteiger charge is -2.35. The van der Waals surface area contributed by atoms with Gasteiger partial charge in [0.2, 0.25) is 0 Å². The zero-order valence-corrected chi connectivity index (χ0v) is 14.4. The third-order valence-electron chi connectivity index (χ3n) is 4.16. The summed E-state index contributed by atoms with van der Waals surface area (Å²) < 4.78 is 13.6. The minimum Gasteiger partial charge on any atom is -0.362 e. The first-order valence-corrected chi connectivity index (χ1v) is 8.33. The van der Waals surface area contributed by atoms with Crippen LogP contribution in [0.15, 0.2) is 42.5 Å². The number of halogens is 2. The summed E-state index contributed by atoms with van der Waals surface area (Å²) in [5.74, 6) is -0.503. The second kappa shape index (κ2) is 7.57. The number of nitro benzene ring substituents is 1. The predicted octanol–water partition coefficient (Wildman–Crippen LogP) is 3.74. The van der Waals surface area contributed by atoms with Crippen LogP contribution in [0.25, 0.3) is 0 Å². The molecule has 0 bridgehead atoms. The standard InChI is InChI=1S/C17H16ClFN4O3/c18-12-5-6-15(16(11-12)23(25)26)21-7-9-22(10-8-21)17(24)20-14-4-2-1-3-13(14)19/h1-6,11H,7-10H2,(H,20,24). The zero-order valence-electron chi connectivity index (χ0n) is 13.7. The third kappa shape index (κ3) is 3.85. The second-order valence-electron chi connectivity index (χ2n) is 5.77. The normalized spacial score (nSPS) is 14.2. The SMILES string of the molecule is O=C(Nc1ccccc1F)N1CCN(c2ccc(Cl)cc2[N+](=O)[O-])CC1. The number of rotatable bonds is 3. The molecule has 1 aliphatic rings. The van der Waals surface area contributed by atoms with E-state index < -0.39 is 16.8 Å². The fourth-order valence-electron chi connectivity index (χ4n) is 2.82. The Bertz CT molecular complexity index is 841. The summed E-state index contributed by atoms with van der Waals surface area (Å²) >= 11 is 5.84. The number of para-hydroxylation sites is 1. The molecule has 3 rings (SSSR count). The molecule has 0 spiro atoms. The van der Waals surface area contributed by atoms with E-state index in [2.05, 4.69) is 5.32 Å². The Labute approximate surface area is 154 Å². The molecule has 0 radical (unpaired) electrons. The van der Waals surface area contributed by atoms with Crippen LogP contribution in [0.3, 0.4) is 0 Å². The van der Waals surface area contributed by atoms with E-state index in [1.807, 2.05) is 4.90 Å². The minimum atomic E-state index is -0.503. The van der Waals surface area contributed by atoms with Gasteiger partial charge in [-0.3, -0.25) is 10.1 Å². The molecule has 1 saturated heterocycles. The van der Waals surface area contributed by atoms with Crippen molar-refractivity contribution in [2.45, 2.75) is 0 Å². The van der Waals surface area contributed by atoms with Crippen LogP contribution in [0.1, 0.15) is 0 Å². The van der Waals surface area contributed by atoms with Gasteiger partial charge in [0.1, 0.15) is 11.5 Å². The van der Waals surface area contributed by atoms with Crippen LogP contribution in [0.5, 0.6) is 0 Å². The maximum absolute atomic E-state index is 13.6. The lowest BCUT2D eigenvalue weighted by atomic mass is 10.2. The fraction of sp³-hybridized carbons (Fsp3) is 0.235. The van der Waals surface area contributed by atoms with E-state index in [0.29, 0.717) is 36.9 Å². The van der Waals surface area contributed by atoms with E-state index in [-0.39, 0.29) is 11.4 Å². The van der Waals surface area contributed by atoms with Crippen molar-refractivity contribution < 1.29 is 14.1 Å². The highest BCUT2D eigenvalue weighted by Gasteiger charge is 2.26. The lowest BCUT2D eigenvalue weighted by molar-refractivity contribution is -0.384. The monoisotopic (exact) mass is 378 g/mol. The number of hydrogen-bond acceptors (Lipinski definition) is 4. The van der Waals surface area contributed by atoms with Crippen molar-refractivity contribution in [3.8, 4) is 0 Å². The van der Waals surface area contributed by atoms with Gasteiger partial charge >= 0.3 is 6.03 Å². The number of nitrogens with one attached hydrogen (secondary N) is 1. The van der Waals surface area contributed by atoms with Crippen LogP contribution in [0.4, 0.5) is 26.2 Å². The summed E-state index contributed by atoms with van der Waals surface area (Å²) in [5.41, 5.74) is 0.517. The summed E-state index contributed by atoms with van der Waals surface area (Å²) in [6.07, 6.45) is 0. The van der Waals surface area contributed by atoms with Crippen molar-refractivity contribution in [2.75, 3.05) is 36.4 Å². The number of hydrogen-bond donors (Lipinski definition) is 1. The Balaban J connectivity index is 1.65. The highest BCUT2D eigenvalue weighted by molar-refractivity contribution is 6.30. The van der Waals surface area contributed by atoms with Gasteiger partial charge in [0, 0.05) is 37.3 Å². The van der Waals surface area contributed by atoms with Gasteiger partial charge in [-0.05, 0) is 24.3 Å². The number of nitro groups is 1. The van der Waals surface area contributed by atoms with Crippen molar-refractivity contribution in [1.29, 1.82) is 0 Å². The van der Waals surface area contributed by atoms with E-state index in [9.17, 15) is 19.3 Å². The van der Waals surface area contributed by atoms with Gasteiger partial charge < -0.3 is 15.1 Å². The lowest BCUT2D eigenvalue weighted by Crippen LogP contribution is -2.50. The molecule has 1 N–H and O–H groups in total. The molecular weight excluding hydrogens is 363 g/mol. The third-order valence-corrected chi connectivity index (χ3v) is 4.39. The van der Waals surface area contributed by atoms with Crippen molar-refractivity contribution in [3.63, 3.8) is 0 Å². The van der Waals surface area contributed by atoms with E-state index in [4.69, 9.17) is 11.6 Å². The van der Waals surface area contributed by atoms with Crippen LogP contribution in [0, 0.1) is 15.9 Å². The molecule has 0 aromatic heterocycles. The predicted molar refractivity (Wildman–Crippen MR) is 97.3 cm³/mol. The molecule has 0 aliphatic carbocycles. The summed E-state index contributed by atoms with van der Waals surface area (Å²) in [6, 6.07) is 10.1. The Hall–Kier alpha value is -2.87. The van der Waals surface area contributed by atoms with Crippen LogP contribution in [-0.2, 0) is 0 Å². The molecule has 1 aliphatic heterocycles. The molecule has 9 heteroatoms. The van der Waals surface area contributed by atoms with Gasteiger partial charge in [-0.15, -0.1) is 0 Å². The number of amides is 2. The molecule has 2 amide bonds. The van der Waals surface area contributed by atoms with Crippen LogP contribution in [-0.4, -0.2) is 42.0 Å². The highest BCUT2D eigenvalue weighted by atomic mass is 35.5. The Morgan fingerprint density at radius 1 is 1.15 bits per heavy atom. The van der Waals surface area contributed by atoms with Gasteiger partial charge in [-0.2, -0.15) is 0 Å². The number of benzene rings is 2. The van der Waals surface area contributed by atoms with E-state index in [1.54, 1.807) is 29.2 Å². The van der Waals surface area contributed by atoms with Crippen LogP contribution in [0.2, 0.25) is 5.02 Å². The first-order valence-electron chi connectivity index (χ1n) is 7.95. The molecule has 0 saturated carbocycles. The molecule has 0 unspecified atom stereocenters. The van der Waals surface area contributed by atoms with Gasteiger partial charge in [0.25, 0.3) is 5.69 Å². The number of anilines is 2. The zero-order chi connectivity index (χ0) is 18.7. The maximum atomic E-state index is 13.6. The van der Waals surface area contributed by atoms with Crippen LogP contribution < -0.4 is 10.2 Å². The smallest absolute Gasteiger partial charge is 0.322 e. The Kier molecular flexibility index (Phi) is 5.22. The minimum absolute atomic E-state index is 0.0678. The number of nitrogens with zero attached hydrogens (tertiary/aromatic N) is 3. The van der Waals surface area contributed by atoms with Crippen molar-refractivity contribution in [1.82, 2.24) is 4.90 Å². The molecular formula is C17H16ClFN4O3. The van der Waals surface area contributed by atoms with Gasteiger partial charge in [-0.1, -0.05) is 23.7 Å². The summed E-state index contributed by atoms with van der Waals surface area (Å²) in [5, 5.41) is 14.1. The first kappa shape index (κ1) is 17.9. The van der Waals surface area contributed by atoms with Crippen molar-refractivity contribution in [3.05, 3.63) is 63.4 Å². The average molecular weight is 379 g/mol.